The quantitative estimate of drug-likeness (QED) is 0.724. The van der Waals surface area contributed by atoms with E-state index in [2.05, 4.69) is 22.0 Å². The van der Waals surface area contributed by atoms with Gasteiger partial charge in [-0.1, -0.05) is 15.9 Å². The highest BCUT2D eigenvalue weighted by Gasteiger charge is 2.30. The van der Waals surface area contributed by atoms with Crippen molar-refractivity contribution in [2.24, 2.45) is 0 Å². The average Bonchev–Trinajstić information content (AvgIpc) is 2.23. The minimum absolute atomic E-state index is 0.203. The van der Waals surface area contributed by atoms with Gasteiger partial charge in [-0.05, 0) is 30.5 Å². The van der Waals surface area contributed by atoms with Gasteiger partial charge < -0.3 is 4.74 Å². The lowest BCUT2D eigenvalue weighted by atomic mass is 9.97. The number of ether oxygens (including phenoxy) is 1. The molecule has 0 unspecified atom stereocenters. The molecule has 0 N–H and O–H groups in total. The van der Waals surface area contributed by atoms with E-state index < -0.39 is 0 Å². The van der Waals surface area contributed by atoms with Gasteiger partial charge in [-0.3, -0.25) is 4.90 Å². The lowest BCUT2D eigenvalue weighted by Gasteiger charge is -2.34. The van der Waals surface area contributed by atoms with E-state index in [1.165, 1.54) is 5.56 Å². The molecule has 1 aromatic carbocycles. The summed E-state index contributed by atoms with van der Waals surface area (Å²) < 4.78 is 6.18. The van der Waals surface area contributed by atoms with Gasteiger partial charge in [-0.2, -0.15) is 0 Å². The number of aryl methyl sites for hydroxylation is 1. The van der Waals surface area contributed by atoms with Crippen LogP contribution in [0.1, 0.15) is 17.5 Å². The molecule has 0 spiro atoms. The van der Waals surface area contributed by atoms with E-state index in [0.717, 1.165) is 35.1 Å². The topological polar surface area (TPSA) is 29.5 Å². The summed E-state index contributed by atoms with van der Waals surface area (Å²) in [5.41, 5.74) is 3.45. The Morgan fingerprint density at radius 3 is 3.00 bits per heavy atom. The zero-order valence-electron chi connectivity index (χ0n) is 8.12. The fourth-order valence-corrected chi connectivity index (χ4v) is 2.86. The van der Waals surface area contributed by atoms with E-state index in [9.17, 15) is 4.79 Å². The van der Waals surface area contributed by atoms with Crippen molar-refractivity contribution in [2.45, 2.75) is 19.4 Å². The van der Waals surface area contributed by atoms with Gasteiger partial charge in [-0.25, -0.2) is 4.79 Å². The molecule has 2 aliphatic rings. The Morgan fingerprint density at radius 1 is 1.33 bits per heavy atom. The molecule has 0 aliphatic carbocycles. The van der Waals surface area contributed by atoms with E-state index in [4.69, 9.17) is 4.74 Å². The summed E-state index contributed by atoms with van der Waals surface area (Å²) in [6, 6.07) is 4.13. The summed E-state index contributed by atoms with van der Waals surface area (Å²) in [5, 5.41) is 0. The van der Waals surface area contributed by atoms with Crippen LogP contribution >= 0.6 is 15.9 Å². The molecule has 2 heterocycles. The fourth-order valence-electron chi connectivity index (χ4n) is 2.30. The van der Waals surface area contributed by atoms with Crippen molar-refractivity contribution >= 4 is 27.7 Å². The van der Waals surface area contributed by atoms with Crippen LogP contribution in [0.2, 0.25) is 0 Å². The molecule has 4 heteroatoms. The molecule has 0 aromatic heterocycles. The highest BCUT2D eigenvalue weighted by Crippen LogP contribution is 2.37. The van der Waals surface area contributed by atoms with Crippen molar-refractivity contribution in [3.05, 3.63) is 27.7 Å². The van der Waals surface area contributed by atoms with Gasteiger partial charge >= 0.3 is 6.09 Å². The smallest absolute Gasteiger partial charge is 0.414 e. The molecular weight excluding hydrogens is 258 g/mol. The normalized spacial score (nSPS) is 18.5. The van der Waals surface area contributed by atoms with Crippen LogP contribution in [0.25, 0.3) is 0 Å². The van der Waals surface area contributed by atoms with E-state index in [0.29, 0.717) is 6.61 Å². The third-order valence-electron chi connectivity index (χ3n) is 2.90. The minimum atomic E-state index is -0.203. The van der Waals surface area contributed by atoms with Crippen molar-refractivity contribution in [2.75, 3.05) is 11.4 Å². The number of anilines is 1. The number of halogens is 1. The van der Waals surface area contributed by atoms with Crippen LogP contribution in [0, 0.1) is 0 Å². The molecule has 3 nitrogen and oxygen atoms in total. The van der Waals surface area contributed by atoms with Crippen LogP contribution in [0.5, 0.6) is 0 Å². The number of carbonyl (C=O) groups is 1. The third-order valence-corrected chi connectivity index (χ3v) is 3.36. The molecule has 0 bridgehead atoms. The van der Waals surface area contributed by atoms with Gasteiger partial charge in [0.25, 0.3) is 0 Å². The Hall–Kier alpha value is -1.03. The first-order valence-electron chi connectivity index (χ1n) is 5.01. The molecule has 0 radical (unpaired) electrons. The summed E-state index contributed by atoms with van der Waals surface area (Å²) in [6.45, 7) is 1.18. The third kappa shape index (κ3) is 1.35. The Balaban J connectivity index is 2.22. The summed E-state index contributed by atoms with van der Waals surface area (Å²) in [5.74, 6) is 0. The Bertz CT molecular complexity index is 427. The minimum Gasteiger partial charge on any atom is -0.444 e. The van der Waals surface area contributed by atoms with Gasteiger partial charge in [0.05, 0.1) is 5.69 Å². The lowest BCUT2D eigenvalue weighted by Crippen LogP contribution is -2.39. The van der Waals surface area contributed by atoms with Crippen LogP contribution in [0.4, 0.5) is 10.5 Å². The Labute approximate surface area is 96.1 Å². The highest BCUT2D eigenvalue weighted by molar-refractivity contribution is 9.10. The summed E-state index contributed by atoms with van der Waals surface area (Å²) in [6.07, 6.45) is 1.86. The van der Waals surface area contributed by atoms with E-state index >= 15 is 0 Å². The first-order chi connectivity index (χ1) is 7.25. The summed E-state index contributed by atoms with van der Waals surface area (Å²) >= 11 is 3.48. The first kappa shape index (κ1) is 9.21. The number of hydrogen-bond acceptors (Lipinski definition) is 2. The van der Waals surface area contributed by atoms with Crippen molar-refractivity contribution in [1.29, 1.82) is 0 Å². The molecule has 78 valence electrons. The molecule has 0 saturated carbocycles. The van der Waals surface area contributed by atoms with Crippen LogP contribution in [-0.2, 0) is 17.8 Å². The second kappa shape index (κ2) is 3.23. The van der Waals surface area contributed by atoms with E-state index in [1.54, 1.807) is 4.90 Å². The molecule has 1 amide bonds. The molecule has 15 heavy (non-hydrogen) atoms. The van der Waals surface area contributed by atoms with Crippen molar-refractivity contribution < 1.29 is 9.53 Å². The predicted octanol–water partition coefficient (Wildman–Crippen LogP) is 2.85. The molecular formula is C11H10BrNO2. The zero-order chi connectivity index (χ0) is 10.4. The van der Waals surface area contributed by atoms with Gasteiger partial charge in [-0.15, -0.1) is 0 Å². The van der Waals surface area contributed by atoms with Gasteiger partial charge in [0, 0.05) is 16.6 Å². The van der Waals surface area contributed by atoms with Gasteiger partial charge in [0.15, 0.2) is 0 Å². The molecule has 0 saturated heterocycles. The maximum atomic E-state index is 11.6. The Kier molecular flexibility index (Phi) is 1.99. The first-order valence-corrected chi connectivity index (χ1v) is 5.80. The number of rotatable bonds is 0. The van der Waals surface area contributed by atoms with Crippen LogP contribution in [-0.4, -0.2) is 12.6 Å². The number of nitrogens with zero attached hydrogens (tertiary/aromatic N) is 1. The molecule has 1 aromatic rings. The van der Waals surface area contributed by atoms with E-state index in [-0.39, 0.29) is 6.09 Å². The second-order valence-corrected chi connectivity index (χ2v) is 4.80. The second-order valence-electron chi connectivity index (χ2n) is 3.88. The van der Waals surface area contributed by atoms with Crippen molar-refractivity contribution in [3.63, 3.8) is 0 Å². The molecule has 2 aliphatic heterocycles. The monoisotopic (exact) mass is 267 g/mol. The van der Waals surface area contributed by atoms with Gasteiger partial charge in [0.2, 0.25) is 0 Å². The average molecular weight is 268 g/mol. The number of cyclic esters (lactones) is 1. The number of amides is 1. The van der Waals surface area contributed by atoms with Crippen LogP contribution < -0.4 is 4.90 Å². The maximum Gasteiger partial charge on any atom is 0.414 e. The predicted molar refractivity (Wildman–Crippen MR) is 60.0 cm³/mol. The number of benzene rings is 1. The van der Waals surface area contributed by atoms with Crippen LogP contribution in [0.3, 0.4) is 0 Å². The summed E-state index contributed by atoms with van der Waals surface area (Å²) in [7, 11) is 0. The molecule has 0 fully saturated rings. The molecule has 3 rings (SSSR count). The maximum absolute atomic E-state index is 11.6. The Morgan fingerprint density at radius 2 is 2.13 bits per heavy atom. The lowest BCUT2D eigenvalue weighted by molar-refractivity contribution is 0.141. The zero-order valence-corrected chi connectivity index (χ0v) is 9.71. The standard InChI is InChI=1S/C11H10BrNO2/c12-9-4-7-2-1-3-13-10(7)8(5-9)6-15-11(13)14/h4-5H,1-3,6H2. The fraction of sp³-hybridized carbons (Fsp3) is 0.364. The summed E-state index contributed by atoms with van der Waals surface area (Å²) in [4.78, 5) is 13.3. The van der Waals surface area contributed by atoms with Crippen molar-refractivity contribution in [1.82, 2.24) is 0 Å². The number of carbonyl (C=O) groups excluding carboxylic acids is 1. The highest BCUT2D eigenvalue weighted by atomic mass is 79.9. The molecule has 0 atom stereocenters. The van der Waals surface area contributed by atoms with Crippen LogP contribution in [0.15, 0.2) is 16.6 Å². The largest absolute Gasteiger partial charge is 0.444 e. The SMILES string of the molecule is O=C1OCc2cc(Br)cc3c2N1CCC3. The van der Waals surface area contributed by atoms with Crippen molar-refractivity contribution in [3.8, 4) is 0 Å². The van der Waals surface area contributed by atoms with Gasteiger partial charge in [0.1, 0.15) is 6.61 Å². The van der Waals surface area contributed by atoms with E-state index in [1.807, 2.05) is 6.07 Å². The number of hydrogen-bond donors (Lipinski definition) is 0.